The molecule has 1 aromatic heterocycles. The second-order valence-corrected chi connectivity index (χ2v) is 6.58. The summed E-state index contributed by atoms with van der Waals surface area (Å²) in [5.41, 5.74) is 0.220. The van der Waals surface area contributed by atoms with E-state index in [1.54, 1.807) is 6.20 Å². The molecule has 0 saturated carbocycles. The summed E-state index contributed by atoms with van der Waals surface area (Å²) in [7, 11) is 0. The highest BCUT2D eigenvalue weighted by Crippen LogP contribution is 2.26. The molecule has 1 unspecified atom stereocenters. The van der Waals surface area contributed by atoms with Gasteiger partial charge in [-0.05, 0) is 38.3 Å². The number of unbranched alkanes of at least 4 members (excludes halogenated alkanes) is 1. The number of aliphatic hydroxyl groups is 1. The number of rotatable bonds is 7. The van der Waals surface area contributed by atoms with Crippen molar-refractivity contribution >= 4 is 5.91 Å². The van der Waals surface area contributed by atoms with Crippen molar-refractivity contribution in [2.45, 2.75) is 57.6 Å². The van der Waals surface area contributed by atoms with Crippen molar-refractivity contribution in [1.29, 1.82) is 0 Å². The van der Waals surface area contributed by atoms with Crippen LogP contribution in [0.5, 0.6) is 0 Å². The summed E-state index contributed by atoms with van der Waals surface area (Å²) in [4.78, 5) is 18.6. The minimum Gasteiger partial charge on any atom is -0.389 e. The van der Waals surface area contributed by atoms with Crippen molar-refractivity contribution in [2.75, 3.05) is 19.6 Å². The first kappa shape index (κ1) is 17.9. The fourth-order valence-corrected chi connectivity index (χ4v) is 3.05. The zero-order chi connectivity index (χ0) is 16.7. The molecular weight excluding hydrogens is 290 g/mol. The van der Waals surface area contributed by atoms with Gasteiger partial charge >= 0.3 is 0 Å². The summed E-state index contributed by atoms with van der Waals surface area (Å²) in [6, 6.07) is 5.65. The number of hydrogen-bond acceptors (Lipinski definition) is 4. The smallest absolute Gasteiger partial charge is 0.237 e. The number of carbonyl (C=O) groups excluding carboxylic acids is 1. The number of piperidine rings is 1. The van der Waals surface area contributed by atoms with Crippen LogP contribution in [0.15, 0.2) is 24.4 Å². The third-order valence-corrected chi connectivity index (χ3v) is 4.72. The quantitative estimate of drug-likeness (QED) is 0.752. The Morgan fingerprint density at radius 2 is 2.17 bits per heavy atom. The van der Waals surface area contributed by atoms with Gasteiger partial charge in [0.05, 0.1) is 11.6 Å². The van der Waals surface area contributed by atoms with Gasteiger partial charge in [-0.15, -0.1) is 0 Å². The van der Waals surface area contributed by atoms with Crippen LogP contribution in [-0.2, 0) is 11.2 Å². The summed E-state index contributed by atoms with van der Waals surface area (Å²) < 4.78 is 0. The first-order valence-corrected chi connectivity index (χ1v) is 8.68. The van der Waals surface area contributed by atoms with Crippen molar-refractivity contribution in [3.8, 4) is 0 Å². The molecule has 5 nitrogen and oxygen atoms in total. The lowest BCUT2D eigenvalue weighted by molar-refractivity contribution is -0.127. The minimum absolute atomic E-state index is 0.0913. The lowest BCUT2D eigenvalue weighted by atomic mass is 9.86. The molecule has 1 aliphatic rings. The predicted molar refractivity (Wildman–Crippen MR) is 91.1 cm³/mol. The predicted octanol–water partition coefficient (Wildman–Crippen LogP) is 1.76. The Labute approximate surface area is 139 Å². The van der Waals surface area contributed by atoms with E-state index < -0.39 is 5.60 Å². The third kappa shape index (κ3) is 5.29. The number of hydrogen-bond donors (Lipinski definition) is 2. The zero-order valence-corrected chi connectivity index (χ0v) is 14.3. The summed E-state index contributed by atoms with van der Waals surface area (Å²) in [5.74, 6) is 0.0913. The molecule has 1 aliphatic heterocycles. The van der Waals surface area contributed by atoms with E-state index in [1.165, 1.54) is 0 Å². The van der Waals surface area contributed by atoms with Gasteiger partial charge in [0.2, 0.25) is 5.91 Å². The fourth-order valence-electron chi connectivity index (χ4n) is 3.05. The Balaban J connectivity index is 1.81. The van der Waals surface area contributed by atoms with Crippen LogP contribution in [0.4, 0.5) is 0 Å². The van der Waals surface area contributed by atoms with Crippen molar-refractivity contribution in [3.63, 3.8) is 0 Å². The van der Waals surface area contributed by atoms with E-state index in [-0.39, 0.29) is 11.9 Å². The van der Waals surface area contributed by atoms with E-state index in [9.17, 15) is 9.90 Å². The number of aromatic nitrogens is 1. The summed E-state index contributed by atoms with van der Waals surface area (Å²) in [6.45, 7) is 6.29. The standard InChI is InChI=1S/C18H29N3O2/c1-3-4-10-20-17(22)15(2)21-12-8-18(23,9-13-21)14-16-7-5-6-11-19-16/h5-7,11,15,23H,3-4,8-10,12-14H2,1-2H3,(H,20,22). The highest BCUT2D eigenvalue weighted by molar-refractivity contribution is 5.81. The number of carbonyl (C=O) groups is 1. The van der Waals surface area contributed by atoms with E-state index in [2.05, 4.69) is 22.1 Å². The Morgan fingerprint density at radius 1 is 1.43 bits per heavy atom. The fraction of sp³-hybridized carbons (Fsp3) is 0.667. The lowest BCUT2D eigenvalue weighted by Gasteiger charge is -2.40. The Morgan fingerprint density at radius 3 is 2.78 bits per heavy atom. The summed E-state index contributed by atoms with van der Waals surface area (Å²) in [5, 5.41) is 13.8. The molecule has 0 aliphatic carbocycles. The Bertz CT molecular complexity index is 484. The SMILES string of the molecule is CCCCNC(=O)C(C)N1CCC(O)(Cc2ccccn2)CC1. The Hall–Kier alpha value is -1.46. The molecule has 0 radical (unpaired) electrons. The van der Waals surface area contributed by atoms with E-state index in [0.717, 1.165) is 38.2 Å². The minimum atomic E-state index is -0.705. The number of nitrogens with one attached hydrogen (secondary N) is 1. The average Bonchev–Trinajstić information content (AvgIpc) is 2.55. The molecule has 0 spiro atoms. The molecular formula is C18H29N3O2. The average molecular weight is 319 g/mol. The largest absolute Gasteiger partial charge is 0.389 e. The van der Waals surface area contributed by atoms with Gasteiger partial charge < -0.3 is 10.4 Å². The van der Waals surface area contributed by atoms with E-state index >= 15 is 0 Å². The lowest BCUT2D eigenvalue weighted by Crippen LogP contribution is -2.52. The molecule has 1 saturated heterocycles. The summed E-state index contributed by atoms with van der Waals surface area (Å²) in [6.07, 6.45) is 5.79. The van der Waals surface area contributed by atoms with Crippen molar-refractivity contribution < 1.29 is 9.90 Å². The molecule has 2 heterocycles. The first-order valence-electron chi connectivity index (χ1n) is 8.68. The number of pyridine rings is 1. The van der Waals surface area contributed by atoms with Crippen LogP contribution in [0.25, 0.3) is 0 Å². The van der Waals surface area contributed by atoms with Gasteiger partial charge in [-0.2, -0.15) is 0 Å². The van der Waals surface area contributed by atoms with Crippen LogP contribution in [0.1, 0.15) is 45.2 Å². The monoisotopic (exact) mass is 319 g/mol. The Kier molecular flexibility index (Phi) is 6.54. The van der Waals surface area contributed by atoms with Crippen LogP contribution in [-0.4, -0.2) is 52.2 Å². The van der Waals surface area contributed by atoms with Crippen molar-refractivity contribution in [2.24, 2.45) is 0 Å². The molecule has 1 amide bonds. The molecule has 5 heteroatoms. The zero-order valence-electron chi connectivity index (χ0n) is 14.3. The molecule has 2 N–H and O–H groups in total. The molecule has 0 bridgehead atoms. The maximum Gasteiger partial charge on any atom is 0.237 e. The second-order valence-electron chi connectivity index (χ2n) is 6.58. The van der Waals surface area contributed by atoms with Crippen LogP contribution >= 0.6 is 0 Å². The van der Waals surface area contributed by atoms with Gasteiger partial charge in [-0.3, -0.25) is 14.7 Å². The number of likely N-dealkylation sites (tertiary alicyclic amines) is 1. The first-order chi connectivity index (χ1) is 11.0. The molecule has 1 aromatic rings. The maximum atomic E-state index is 12.1. The van der Waals surface area contributed by atoms with Crippen molar-refractivity contribution in [3.05, 3.63) is 30.1 Å². The van der Waals surface area contributed by atoms with Crippen LogP contribution < -0.4 is 5.32 Å². The van der Waals surface area contributed by atoms with E-state index in [1.807, 2.05) is 25.1 Å². The number of nitrogens with zero attached hydrogens (tertiary/aromatic N) is 2. The molecule has 23 heavy (non-hydrogen) atoms. The van der Waals surface area contributed by atoms with Crippen LogP contribution in [0.3, 0.4) is 0 Å². The van der Waals surface area contributed by atoms with Gasteiger partial charge in [0, 0.05) is 37.9 Å². The van der Waals surface area contributed by atoms with Gasteiger partial charge in [0.25, 0.3) is 0 Å². The van der Waals surface area contributed by atoms with Gasteiger partial charge in [-0.1, -0.05) is 19.4 Å². The third-order valence-electron chi connectivity index (χ3n) is 4.72. The van der Waals surface area contributed by atoms with Gasteiger partial charge in [0.15, 0.2) is 0 Å². The normalized spacial score (nSPS) is 19.3. The second kappa shape index (κ2) is 8.41. The highest BCUT2D eigenvalue weighted by Gasteiger charge is 2.35. The van der Waals surface area contributed by atoms with Crippen LogP contribution in [0.2, 0.25) is 0 Å². The van der Waals surface area contributed by atoms with Gasteiger partial charge in [-0.25, -0.2) is 0 Å². The molecule has 2 rings (SSSR count). The summed E-state index contributed by atoms with van der Waals surface area (Å²) >= 11 is 0. The maximum absolute atomic E-state index is 12.1. The van der Waals surface area contributed by atoms with Crippen LogP contribution in [0, 0.1) is 0 Å². The molecule has 0 aromatic carbocycles. The van der Waals surface area contributed by atoms with E-state index in [4.69, 9.17) is 0 Å². The number of amides is 1. The van der Waals surface area contributed by atoms with Gasteiger partial charge in [0.1, 0.15) is 0 Å². The topological polar surface area (TPSA) is 65.5 Å². The van der Waals surface area contributed by atoms with Crippen molar-refractivity contribution in [1.82, 2.24) is 15.2 Å². The van der Waals surface area contributed by atoms with E-state index in [0.29, 0.717) is 19.3 Å². The molecule has 1 fully saturated rings. The molecule has 1 atom stereocenters. The molecule has 128 valence electrons. The highest BCUT2D eigenvalue weighted by atomic mass is 16.3.